The molecule has 37 heavy (non-hydrogen) atoms. The fourth-order valence-electron chi connectivity index (χ4n) is 4.29. The Morgan fingerprint density at radius 2 is 1.89 bits per heavy atom. The Hall–Kier alpha value is -4.32. The smallest absolute Gasteiger partial charge is 0.123 e. The van der Waals surface area contributed by atoms with E-state index in [1.165, 1.54) is 18.3 Å². The molecule has 1 aliphatic heterocycles. The first-order valence-electron chi connectivity index (χ1n) is 12.3. The molecule has 0 saturated carbocycles. The summed E-state index contributed by atoms with van der Waals surface area (Å²) in [5, 5.41) is 17.7. The zero-order valence-corrected chi connectivity index (χ0v) is 20.7. The van der Waals surface area contributed by atoms with Crippen molar-refractivity contribution in [1.82, 2.24) is 21.4 Å². The highest BCUT2D eigenvalue weighted by Gasteiger charge is 2.22. The van der Waals surface area contributed by atoms with Gasteiger partial charge in [-0.25, -0.2) is 4.39 Å². The highest BCUT2D eigenvalue weighted by Crippen LogP contribution is 2.37. The molecule has 4 aromatic rings. The predicted octanol–water partition coefficient (Wildman–Crippen LogP) is 6.07. The monoisotopic (exact) mass is 514 g/mol. The topological polar surface area (TPSA) is 96.8 Å². The van der Waals surface area contributed by atoms with Gasteiger partial charge in [0.25, 0.3) is 0 Å². The van der Waals surface area contributed by atoms with Crippen molar-refractivity contribution in [2.45, 2.75) is 25.4 Å². The second-order valence-electron chi connectivity index (χ2n) is 8.49. The first-order chi connectivity index (χ1) is 18.4. The van der Waals surface area contributed by atoms with Crippen molar-refractivity contribution in [1.29, 1.82) is 5.26 Å². The van der Waals surface area contributed by atoms with Gasteiger partial charge in [-0.3, -0.25) is 4.98 Å². The molecule has 1 aromatic heterocycles. The molecule has 1 aliphatic rings. The summed E-state index contributed by atoms with van der Waals surface area (Å²) in [4.78, 5) is 4.45. The van der Waals surface area contributed by atoms with Gasteiger partial charge in [-0.15, -0.1) is 0 Å². The molecular formula is C28H25ClFN7. The van der Waals surface area contributed by atoms with Crippen molar-refractivity contribution >= 4 is 33.9 Å². The number of pyridine rings is 1. The van der Waals surface area contributed by atoms with Crippen molar-refractivity contribution in [3.8, 4) is 6.07 Å². The Bertz CT molecular complexity index is 1540. The first-order valence-corrected chi connectivity index (χ1v) is 12.2. The van der Waals surface area contributed by atoms with Gasteiger partial charge in [0.1, 0.15) is 11.9 Å². The van der Waals surface area contributed by atoms with Gasteiger partial charge in [-0.05, 0) is 41.8 Å². The number of nitriles is 1. The lowest BCUT2D eigenvalue weighted by atomic mass is 10.0. The van der Waals surface area contributed by atoms with Gasteiger partial charge in [0.15, 0.2) is 0 Å². The molecule has 0 radical (unpaired) electrons. The minimum atomic E-state index is -1.54. The Labute approximate surface area is 220 Å². The zero-order chi connectivity index (χ0) is 26.7. The number of fused-ring (bicyclic) bond motifs is 1. The Morgan fingerprint density at radius 1 is 1.11 bits per heavy atom. The summed E-state index contributed by atoms with van der Waals surface area (Å²) in [6, 6.07) is 19.9. The highest BCUT2D eigenvalue weighted by molar-refractivity contribution is 6.35. The molecule has 0 saturated heterocycles. The van der Waals surface area contributed by atoms with Gasteiger partial charge in [0.2, 0.25) is 0 Å². The summed E-state index contributed by atoms with van der Waals surface area (Å²) in [7, 11) is 0. The fourth-order valence-corrected chi connectivity index (χ4v) is 4.56. The molecule has 7 nitrogen and oxygen atoms in total. The van der Waals surface area contributed by atoms with Crippen molar-refractivity contribution in [3.05, 3.63) is 112 Å². The number of anilines is 2. The van der Waals surface area contributed by atoms with Crippen molar-refractivity contribution in [2.24, 2.45) is 0 Å². The number of halogens is 2. The number of hydrogen-bond donors (Lipinski definition) is 5. The largest absolute Gasteiger partial charge is 0.377 e. The number of hydrogen-bond acceptors (Lipinski definition) is 7. The number of nitrogens with one attached hydrogen (secondary N) is 5. The lowest BCUT2D eigenvalue weighted by Gasteiger charge is -2.23. The molecule has 0 amide bonds. The van der Waals surface area contributed by atoms with Crippen LogP contribution in [0.1, 0.15) is 43.5 Å². The van der Waals surface area contributed by atoms with Crippen LogP contribution < -0.4 is 27.0 Å². The summed E-state index contributed by atoms with van der Waals surface area (Å²) < 4.78 is 23.0. The molecular weight excluding hydrogens is 489 g/mol. The first kappa shape index (κ1) is 23.1. The molecule has 5 N–H and O–H groups in total. The molecule has 186 valence electrons. The molecule has 5 rings (SSSR count). The van der Waals surface area contributed by atoms with E-state index in [0.717, 1.165) is 12.0 Å². The van der Waals surface area contributed by atoms with Gasteiger partial charge in [0.05, 0.1) is 40.9 Å². The van der Waals surface area contributed by atoms with E-state index in [1.807, 2.05) is 36.4 Å². The number of hydrazine groups is 2. The number of aromatic nitrogens is 1. The average molecular weight is 515 g/mol. The van der Waals surface area contributed by atoms with Gasteiger partial charge < -0.3 is 21.5 Å². The van der Waals surface area contributed by atoms with E-state index in [9.17, 15) is 11.0 Å². The van der Waals surface area contributed by atoms with Crippen molar-refractivity contribution < 1.29 is 5.76 Å². The molecule has 0 aliphatic carbocycles. The van der Waals surface area contributed by atoms with Gasteiger partial charge in [0, 0.05) is 23.5 Å². The van der Waals surface area contributed by atoms with E-state index in [4.69, 9.17) is 11.6 Å². The number of nitrogens with zero attached hydrogens (tertiary/aromatic N) is 2. The van der Waals surface area contributed by atoms with Crippen LogP contribution in [0.25, 0.3) is 10.9 Å². The summed E-state index contributed by atoms with van der Waals surface area (Å²) in [5.74, 6) is -0.399. The molecule has 2 heterocycles. The Balaban J connectivity index is 1.61. The average Bonchev–Trinajstić information content (AvgIpc) is 3.48. The van der Waals surface area contributed by atoms with E-state index >= 15 is 0 Å². The number of benzene rings is 3. The highest BCUT2D eigenvalue weighted by atomic mass is 35.5. The summed E-state index contributed by atoms with van der Waals surface area (Å²) in [6.45, 7) is 2.07. The Morgan fingerprint density at radius 3 is 2.57 bits per heavy atom. The molecule has 9 heteroatoms. The molecule has 1 unspecified atom stereocenters. The van der Waals surface area contributed by atoms with Gasteiger partial charge in [-0.2, -0.15) is 10.8 Å². The third kappa shape index (κ3) is 5.14. The Kier molecular flexibility index (Phi) is 6.71. The van der Waals surface area contributed by atoms with Gasteiger partial charge >= 0.3 is 0 Å². The quantitative estimate of drug-likeness (QED) is 0.195. The molecule has 3 aromatic carbocycles. The zero-order valence-electron chi connectivity index (χ0n) is 20.9. The maximum atomic E-state index is 13.7. The van der Waals surface area contributed by atoms with Crippen LogP contribution in [0.15, 0.2) is 84.8 Å². The molecule has 0 spiro atoms. The minimum absolute atomic E-state index is 0.0521. The van der Waals surface area contributed by atoms with Crippen LogP contribution >= 0.6 is 11.6 Å². The second kappa shape index (κ2) is 10.7. The predicted molar refractivity (Wildman–Crippen MR) is 145 cm³/mol. The number of rotatable bonds is 8. The summed E-state index contributed by atoms with van der Waals surface area (Å²) in [5.41, 5.74) is 12.6. The van der Waals surface area contributed by atoms with Crippen molar-refractivity contribution in [2.75, 3.05) is 10.6 Å². The van der Waals surface area contributed by atoms with Crippen LogP contribution in [0.3, 0.4) is 0 Å². The normalized spacial score (nSPS) is 15.4. The minimum Gasteiger partial charge on any atom is -0.377 e. The SMILES string of the molecule is [2H]C(Nc1cc(Cl)c2ncc(C#N)c(N[C@H](CC)c3ccccc3)c2c1)(C1=CNNN1)c1ccc(F)cc1. The lowest BCUT2D eigenvalue weighted by molar-refractivity contribution is 0.582. The summed E-state index contributed by atoms with van der Waals surface area (Å²) in [6.07, 6.45) is 3.91. The molecule has 2 atom stereocenters. The van der Waals surface area contributed by atoms with Crippen LogP contribution in [0.2, 0.25) is 5.02 Å². The van der Waals surface area contributed by atoms with Crippen LogP contribution in [0.5, 0.6) is 0 Å². The van der Waals surface area contributed by atoms with E-state index in [-0.39, 0.29) is 6.04 Å². The maximum Gasteiger partial charge on any atom is 0.123 e. The van der Waals surface area contributed by atoms with Crippen LogP contribution in [0, 0.1) is 17.1 Å². The third-order valence-electron chi connectivity index (χ3n) is 6.13. The standard InChI is InChI=1S/C28H25ClFN7/c1-2-24(17-6-4-3-5-7-17)35-26-19(14-31)15-32-28-22(26)12-21(13-23(28)29)34-27(25-16-33-37-36-25)18-8-10-20(30)11-9-18/h3-13,15-16,24,27,33-34,36-37H,2H2,1H3,(H,32,35)/t24-,27?/m1/s1/i27D. The van der Waals surface area contributed by atoms with E-state index in [0.29, 0.717) is 44.1 Å². The second-order valence-corrected chi connectivity index (χ2v) is 8.90. The van der Waals surface area contributed by atoms with Crippen LogP contribution in [0.4, 0.5) is 15.8 Å². The van der Waals surface area contributed by atoms with Gasteiger partial charge in [-0.1, -0.05) is 61.0 Å². The maximum absolute atomic E-state index is 13.7. The van der Waals surface area contributed by atoms with Crippen molar-refractivity contribution in [3.63, 3.8) is 0 Å². The summed E-state index contributed by atoms with van der Waals surface area (Å²) >= 11 is 6.69. The fraction of sp³-hybridized carbons (Fsp3) is 0.143. The van der Waals surface area contributed by atoms with E-state index < -0.39 is 11.8 Å². The van der Waals surface area contributed by atoms with Crippen LogP contribution in [-0.2, 0) is 0 Å². The van der Waals surface area contributed by atoms with Crippen LogP contribution in [-0.4, -0.2) is 4.98 Å². The van der Waals surface area contributed by atoms with E-state index in [2.05, 4.69) is 45.0 Å². The lowest BCUT2D eigenvalue weighted by Crippen LogP contribution is -2.33. The molecule has 0 bridgehead atoms. The van der Waals surface area contributed by atoms with E-state index in [1.54, 1.807) is 24.4 Å². The third-order valence-corrected chi connectivity index (χ3v) is 6.42. The molecule has 0 fully saturated rings.